The number of aryl methyl sites for hydroxylation is 1. The fourth-order valence-corrected chi connectivity index (χ4v) is 1.59. The van der Waals surface area contributed by atoms with Crippen molar-refractivity contribution in [1.82, 2.24) is 14.3 Å². The molecule has 0 spiro atoms. The van der Waals surface area contributed by atoms with Crippen molar-refractivity contribution in [3.63, 3.8) is 0 Å². The van der Waals surface area contributed by atoms with E-state index in [0.29, 0.717) is 0 Å². The van der Waals surface area contributed by atoms with Crippen LogP contribution in [-0.4, -0.2) is 31.2 Å². The number of thioether (sulfide) groups is 1. The molecule has 1 aromatic rings. The summed E-state index contributed by atoms with van der Waals surface area (Å²) in [5.41, 5.74) is -1.12. The van der Waals surface area contributed by atoms with Crippen LogP contribution < -0.4 is 11.2 Å². The van der Waals surface area contributed by atoms with E-state index in [-0.39, 0.29) is 10.8 Å². The van der Waals surface area contributed by atoms with Crippen LogP contribution in [0.2, 0.25) is 0 Å². The number of hydrogen-bond acceptors (Lipinski definition) is 5. The number of carboxylic acids is 1. The third kappa shape index (κ3) is 2.46. The Morgan fingerprint density at radius 1 is 1.47 bits per heavy atom. The summed E-state index contributed by atoms with van der Waals surface area (Å²) in [6, 6.07) is 0. The van der Waals surface area contributed by atoms with Gasteiger partial charge in [-0.3, -0.25) is 14.2 Å². The van der Waals surface area contributed by atoms with E-state index in [1.807, 2.05) is 0 Å². The largest absolute Gasteiger partial charge is 0.481 e. The van der Waals surface area contributed by atoms with E-state index in [2.05, 4.69) is 5.10 Å². The van der Waals surface area contributed by atoms with Crippen molar-refractivity contribution < 1.29 is 9.90 Å². The van der Waals surface area contributed by atoms with Crippen molar-refractivity contribution in [2.75, 3.05) is 5.75 Å². The maximum atomic E-state index is 11.4. The molecule has 0 unspecified atom stereocenters. The van der Waals surface area contributed by atoms with Crippen molar-refractivity contribution >= 4 is 17.7 Å². The topological polar surface area (TPSA) is 94.2 Å². The molecule has 7 nitrogen and oxygen atoms in total. The van der Waals surface area contributed by atoms with E-state index in [1.54, 1.807) is 0 Å². The molecule has 0 radical (unpaired) electrons. The van der Waals surface area contributed by atoms with Crippen LogP contribution in [0.4, 0.5) is 0 Å². The lowest BCUT2D eigenvalue weighted by atomic mass is 10.8. The smallest absolute Gasteiger partial charge is 0.346 e. The summed E-state index contributed by atoms with van der Waals surface area (Å²) in [4.78, 5) is 32.9. The quantitative estimate of drug-likeness (QED) is 0.647. The third-order valence-electron chi connectivity index (χ3n) is 1.62. The Hall–Kier alpha value is -1.57. The standard InChI is InChI=1S/C7H9N3O4S/c1-9-6(13)5(15-3-4(11)12)8-10(2)7(9)14/h3H2,1-2H3,(H,11,12). The summed E-state index contributed by atoms with van der Waals surface area (Å²) >= 11 is 0.788. The monoisotopic (exact) mass is 231 g/mol. The molecule has 0 aliphatic rings. The first kappa shape index (κ1) is 11.5. The molecule has 1 N–H and O–H groups in total. The number of aromatic nitrogens is 3. The first-order valence-electron chi connectivity index (χ1n) is 3.92. The molecule has 0 aromatic carbocycles. The van der Waals surface area contributed by atoms with E-state index >= 15 is 0 Å². The average Bonchev–Trinajstić information content (AvgIpc) is 2.18. The predicted octanol–water partition coefficient (Wildman–Crippen LogP) is -1.34. The molecule has 0 saturated carbocycles. The summed E-state index contributed by atoms with van der Waals surface area (Å²) in [5, 5.41) is 12.1. The Bertz CT molecular complexity index is 504. The SMILES string of the molecule is Cn1nc(SCC(=O)O)c(=O)n(C)c1=O. The highest BCUT2D eigenvalue weighted by molar-refractivity contribution is 7.99. The van der Waals surface area contributed by atoms with Crippen molar-refractivity contribution in [3.8, 4) is 0 Å². The van der Waals surface area contributed by atoms with Crippen LogP contribution in [0, 0.1) is 0 Å². The molecule has 15 heavy (non-hydrogen) atoms. The van der Waals surface area contributed by atoms with Crippen LogP contribution in [0.15, 0.2) is 14.6 Å². The van der Waals surface area contributed by atoms with Gasteiger partial charge in [-0.05, 0) is 0 Å². The Kier molecular flexibility index (Phi) is 3.30. The molecule has 8 heteroatoms. The second kappa shape index (κ2) is 4.30. The predicted molar refractivity (Wildman–Crippen MR) is 53.1 cm³/mol. The van der Waals surface area contributed by atoms with Crippen LogP contribution in [0.1, 0.15) is 0 Å². The highest BCUT2D eigenvalue weighted by atomic mass is 32.2. The van der Waals surface area contributed by atoms with E-state index < -0.39 is 17.2 Å². The van der Waals surface area contributed by atoms with Crippen molar-refractivity contribution in [1.29, 1.82) is 0 Å². The van der Waals surface area contributed by atoms with Crippen LogP contribution in [-0.2, 0) is 18.9 Å². The number of carboxylic acid groups (broad SMARTS) is 1. The van der Waals surface area contributed by atoms with Gasteiger partial charge in [0, 0.05) is 14.1 Å². The van der Waals surface area contributed by atoms with Gasteiger partial charge in [-0.2, -0.15) is 5.10 Å². The fraction of sp³-hybridized carbons (Fsp3) is 0.429. The number of hydrogen-bond donors (Lipinski definition) is 1. The Morgan fingerprint density at radius 3 is 2.60 bits per heavy atom. The van der Waals surface area contributed by atoms with Crippen LogP contribution in [0.25, 0.3) is 0 Å². The van der Waals surface area contributed by atoms with Crippen LogP contribution in [0.3, 0.4) is 0 Å². The summed E-state index contributed by atoms with van der Waals surface area (Å²) in [6.45, 7) is 0. The van der Waals surface area contributed by atoms with Gasteiger partial charge in [-0.15, -0.1) is 0 Å². The summed E-state index contributed by atoms with van der Waals surface area (Å²) in [5.74, 6) is -1.31. The Labute approximate surface area is 88.3 Å². The van der Waals surface area contributed by atoms with E-state index in [1.165, 1.54) is 14.1 Å². The Balaban J connectivity index is 3.16. The Morgan fingerprint density at radius 2 is 2.07 bits per heavy atom. The maximum Gasteiger partial charge on any atom is 0.346 e. The summed E-state index contributed by atoms with van der Waals surface area (Å²) in [6.07, 6.45) is 0. The van der Waals surface area contributed by atoms with E-state index in [4.69, 9.17) is 5.11 Å². The molecule has 0 atom stereocenters. The highest BCUT2D eigenvalue weighted by Gasteiger charge is 2.10. The lowest BCUT2D eigenvalue weighted by Crippen LogP contribution is -2.39. The lowest BCUT2D eigenvalue weighted by molar-refractivity contribution is -0.133. The minimum Gasteiger partial charge on any atom is -0.481 e. The molecular formula is C7H9N3O4S. The molecule has 0 bridgehead atoms. The van der Waals surface area contributed by atoms with Gasteiger partial charge in [-0.1, -0.05) is 11.8 Å². The van der Waals surface area contributed by atoms with Gasteiger partial charge in [0.15, 0.2) is 5.03 Å². The zero-order valence-corrected chi connectivity index (χ0v) is 8.95. The van der Waals surface area contributed by atoms with Crippen LogP contribution >= 0.6 is 11.8 Å². The molecule has 1 rings (SSSR count). The maximum absolute atomic E-state index is 11.4. The van der Waals surface area contributed by atoms with Crippen LogP contribution in [0.5, 0.6) is 0 Å². The second-order valence-corrected chi connectivity index (χ2v) is 3.72. The minimum atomic E-state index is -1.04. The number of carbonyl (C=O) groups is 1. The molecule has 0 saturated heterocycles. The van der Waals surface area contributed by atoms with Crippen molar-refractivity contribution in [3.05, 3.63) is 20.8 Å². The molecule has 1 heterocycles. The minimum absolute atomic E-state index is 0.00185. The molecule has 0 amide bonds. The first-order chi connectivity index (χ1) is 6.93. The van der Waals surface area contributed by atoms with Gasteiger partial charge < -0.3 is 5.11 Å². The summed E-state index contributed by atoms with van der Waals surface area (Å²) < 4.78 is 1.88. The molecule has 1 aromatic heterocycles. The summed E-state index contributed by atoms with van der Waals surface area (Å²) in [7, 11) is 2.71. The second-order valence-electron chi connectivity index (χ2n) is 2.76. The molecule has 0 fully saturated rings. The van der Waals surface area contributed by atoms with Gasteiger partial charge in [-0.25, -0.2) is 9.48 Å². The molecule has 0 aliphatic carbocycles. The molecule has 0 aliphatic heterocycles. The highest BCUT2D eigenvalue weighted by Crippen LogP contribution is 2.07. The fourth-order valence-electron chi connectivity index (χ4n) is 0.890. The van der Waals surface area contributed by atoms with Gasteiger partial charge in [0.2, 0.25) is 0 Å². The van der Waals surface area contributed by atoms with Crippen molar-refractivity contribution in [2.24, 2.45) is 14.1 Å². The number of aliphatic carboxylic acids is 1. The zero-order valence-electron chi connectivity index (χ0n) is 8.13. The van der Waals surface area contributed by atoms with Gasteiger partial charge in [0.25, 0.3) is 5.56 Å². The average molecular weight is 231 g/mol. The first-order valence-corrected chi connectivity index (χ1v) is 4.91. The van der Waals surface area contributed by atoms with Gasteiger partial charge in [0.05, 0.1) is 5.75 Å². The number of nitrogens with zero attached hydrogens (tertiary/aromatic N) is 3. The van der Waals surface area contributed by atoms with Gasteiger partial charge in [0.1, 0.15) is 0 Å². The number of rotatable bonds is 3. The van der Waals surface area contributed by atoms with Crippen molar-refractivity contribution in [2.45, 2.75) is 5.03 Å². The van der Waals surface area contributed by atoms with Gasteiger partial charge >= 0.3 is 11.7 Å². The molecule has 82 valence electrons. The lowest BCUT2D eigenvalue weighted by Gasteiger charge is -2.03. The third-order valence-corrected chi connectivity index (χ3v) is 2.55. The molecular weight excluding hydrogens is 222 g/mol. The van der Waals surface area contributed by atoms with E-state index in [0.717, 1.165) is 21.0 Å². The zero-order chi connectivity index (χ0) is 11.6. The normalized spacial score (nSPS) is 10.3. The van der Waals surface area contributed by atoms with E-state index in [9.17, 15) is 14.4 Å².